The first-order valence-corrected chi connectivity index (χ1v) is 33.9. The van der Waals surface area contributed by atoms with Crippen LogP contribution < -0.4 is 0 Å². The molecule has 0 heterocycles. The number of allylic oxidation sites excluding steroid dienone is 26. The summed E-state index contributed by atoms with van der Waals surface area (Å²) in [5.41, 5.74) is 0. The summed E-state index contributed by atoms with van der Waals surface area (Å²) in [4.78, 5) is 48.7. The van der Waals surface area contributed by atoms with Crippen LogP contribution in [0.4, 0.5) is 0 Å². The number of phosphoric acid groups is 1. The van der Waals surface area contributed by atoms with E-state index in [0.29, 0.717) is 32.1 Å². The predicted molar refractivity (Wildman–Crippen MR) is 352 cm³/mol. The average Bonchev–Trinajstić information content (AvgIpc) is 3.54. The van der Waals surface area contributed by atoms with E-state index in [9.17, 15) is 28.9 Å². The molecule has 11 nitrogen and oxygen atoms in total. The van der Waals surface area contributed by atoms with E-state index in [-0.39, 0.29) is 25.9 Å². The first-order chi connectivity index (χ1) is 41.2. The Morgan fingerprint density at radius 2 is 0.643 bits per heavy atom. The molecule has 84 heavy (non-hydrogen) atoms. The van der Waals surface area contributed by atoms with Crippen molar-refractivity contribution in [2.24, 2.45) is 0 Å². The molecule has 474 valence electrons. The van der Waals surface area contributed by atoms with Crippen LogP contribution in [0.3, 0.4) is 0 Å². The van der Waals surface area contributed by atoms with Crippen molar-refractivity contribution in [2.75, 3.05) is 26.4 Å². The highest BCUT2D eigenvalue weighted by Gasteiger charge is 2.28. The molecule has 0 aromatic rings. The van der Waals surface area contributed by atoms with E-state index in [1.165, 1.54) is 83.5 Å². The van der Waals surface area contributed by atoms with Crippen molar-refractivity contribution in [3.63, 3.8) is 0 Å². The Kier molecular flexibility index (Phi) is 60.4. The van der Waals surface area contributed by atoms with Crippen LogP contribution in [0.2, 0.25) is 0 Å². The SMILES string of the molecule is CC/C=C\C/C=C\C/C=C\C/C=C\C/C=C\C/C=C\CCC(=O)OC(CO)COP(=O)(O)OCC(COC(=O)CCCCCCCCCCC/C=C\CCCCCCCC)OC(=O)CC/C=C\C/C=C\C/C=C\C/C=C\C/C=C\C/C=C\CC. The van der Waals surface area contributed by atoms with Gasteiger partial charge in [0.25, 0.3) is 0 Å². The Morgan fingerprint density at radius 3 is 1.00 bits per heavy atom. The van der Waals surface area contributed by atoms with E-state index in [1.54, 1.807) is 0 Å². The van der Waals surface area contributed by atoms with Gasteiger partial charge in [-0.1, -0.05) is 256 Å². The normalized spacial score (nSPS) is 14.3. The van der Waals surface area contributed by atoms with E-state index in [2.05, 4.69) is 154 Å². The van der Waals surface area contributed by atoms with E-state index < -0.39 is 57.8 Å². The third-order valence-electron chi connectivity index (χ3n) is 12.9. The molecule has 0 spiro atoms. The van der Waals surface area contributed by atoms with E-state index in [4.69, 9.17) is 23.3 Å². The molecule has 0 aliphatic rings. The third kappa shape index (κ3) is 61.7. The van der Waals surface area contributed by atoms with E-state index >= 15 is 0 Å². The molecule has 0 aromatic heterocycles. The summed E-state index contributed by atoms with van der Waals surface area (Å²) < 4.78 is 39.5. The van der Waals surface area contributed by atoms with Gasteiger partial charge in [0.05, 0.1) is 19.8 Å². The number of phosphoric ester groups is 1. The summed E-state index contributed by atoms with van der Waals surface area (Å²) >= 11 is 0. The monoisotopic (exact) mass is 1190 g/mol. The fraction of sp³-hybridized carbons (Fsp3) is 0.597. The Balaban J connectivity index is 4.89. The number of rotatable bonds is 58. The molecule has 0 bridgehead atoms. The summed E-state index contributed by atoms with van der Waals surface area (Å²) in [6.07, 6.45) is 85.1. The second-order valence-electron chi connectivity index (χ2n) is 20.8. The van der Waals surface area contributed by atoms with Gasteiger partial charge in [0.1, 0.15) is 12.7 Å². The Hall–Kier alpha value is -4.90. The van der Waals surface area contributed by atoms with Crippen LogP contribution in [-0.4, -0.2) is 66.5 Å². The predicted octanol–water partition coefficient (Wildman–Crippen LogP) is 20.0. The van der Waals surface area contributed by atoms with Crippen molar-refractivity contribution < 1.29 is 52.2 Å². The van der Waals surface area contributed by atoms with Crippen LogP contribution in [-0.2, 0) is 42.2 Å². The van der Waals surface area contributed by atoms with Crippen molar-refractivity contribution in [1.29, 1.82) is 0 Å². The number of aliphatic hydroxyl groups is 1. The van der Waals surface area contributed by atoms with Crippen molar-refractivity contribution >= 4 is 25.7 Å². The number of hydrogen-bond donors (Lipinski definition) is 2. The topological polar surface area (TPSA) is 155 Å². The highest BCUT2D eigenvalue weighted by Crippen LogP contribution is 2.43. The minimum Gasteiger partial charge on any atom is -0.462 e. The highest BCUT2D eigenvalue weighted by atomic mass is 31.2. The van der Waals surface area contributed by atoms with Gasteiger partial charge in [0.2, 0.25) is 0 Å². The minimum atomic E-state index is -4.81. The summed E-state index contributed by atoms with van der Waals surface area (Å²) in [7, 11) is -4.81. The molecule has 3 unspecified atom stereocenters. The summed E-state index contributed by atoms with van der Waals surface area (Å²) in [5, 5.41) is 9.85. The zero-order chi connectivity index (χ0) is 61.2. The van der Waals surface area contributed by atoms with E-state index in [1.807, 2.05) is 24.3 Å². The van der Waals surface area contributed by atoms with E-state index in [0.717, 1.165) is 83.5 Å². The summed E-state index contributed by atoms with van der Waals surface area (Å²) in [6, 6.07) is 0. The zero-order valence-corrected chi connectivity index (χ0v) is 53.4. The molecule has 3 atom stereocenters. The van der Waals surface area contributed by atoms with Crippen molar-refractivity contribution in [1.82, 2.24) is 0 Å². The Bertz CT molecular complexity index is 2020. The van der Waals surface area contributed by atoms with Crippen LogP contribution in [0, 0.1) is 0 Å². The standard InChI is InChI=1S/C72H115O11P/c1-4-7-10-13-16-19-22-25-28-31-34-37-40-43-46-49-52-55-58-61-70(74)79-65-69(83-72(76)63-60-57-54-51-48-45-42-39-36-33-30-27-24-21-18-15-12-9-6-3)67-81-84(77,78)80-66-68(64-73)82-71(75)62-59-56-53-50-47-44-41-38-35-32-29-26-23-20-17-14-11-8-5-2/h8-9,11-12,17-18,20-21,25-30,35-36,38-39,44-45,47-48,53-54,56-57,68-69,73H,4-7,10,13-16,19,22-24,31-34,37,40-43,46,49-52,55,58-67H2,1-3H3,(H,77,78)/b11-8-,12-9-,20-17-,21-18-,28-25-,29-26-,30-27-,38-35-,39-36-,47-44-,48-45-,56-53-,57-54-. The Labute approximate surface area is 511 Å². The molecule has 2 N–H and O–H groups in total. The first-order valence-electron chi connectivity index (χ1n) is 32.4. The molecule has 0 fully saturated rings. The van der Waals surface area contributed by atoms with Crippen molar-refractivity contribution in [3.05, 3.63) is 158 Å². The third-order valence-corrected chi connectivity index (χ3v) is 13.9. The molecule has 12 heteroatoms. The van der Waals surface area contributed by atoms with Gasteiger partial charge < -0.3 is 24.2 Å². The molecule has 0 rings (SSSR count). The molecule has 0 saturated heterocycles. The molecule has 0 aromatic carbocycles. The van der Waals surface area contributed by atoms with Gasteiger partial charge in [0.15, 0.2) is 6.10 Å². The number of carbonyl (C=O) groups excluding carboxylic acids is 3. The summed E-state index contributed by atoms with van der Waals surface area (Å²) in [5.74, 6) is -1.67. The maximum Gasteiger partial charge on any atom is 0.472 e. The lowest BCUT2D eigenvalue weighted by atomic mass is 10.1. The maximum atomic E-state index is 13.0. The second kappa shape index (κ2) is 64.1. The van der Waals surface area contributed by atoms with Crippen LogP contribution >= 0.6 is 7.82 Å². The largest absolute Gasteiger partial charge is 0.472 e. The lowest BCUT2D eigenvalue weighted by Gasteiger charge is -2.21. The molecule has 0 amide bonds. The van der Waals surface area contributed by atoms with Crippen molar-refractivity contribution in [3.8, 4) is 0 Å². The van der Waals surface area contributed by atoms with Gasteiger partial charge in [-0.15, -0.1) is 0 Å². The van der Waals surface area contributed by atoms with Gasteiger partial charge in [0, 0.05) is 19.3 Å². The number of hydrogen-bond acceptors (Lipinski definition) is 10. The lowest BCUT2D eigenvalue weighted by Crippen LogP contribution is -2.30. The average molecular weight is 1190 g/mol. The number of aliphatic hydroxyl groups excluding tert-OH is 1. The highest BCUT2D eigenvalue weighted by molar-refractivity contribution is 7.47. The zero-order valence-electron chi connectivity index (χ0n) is 52.6. The fourth-order valence-electron chi connectivity index (χ4n) is 8.11. The molecule has 0 radical (unpaired) electrons. The van der Waals surface area contributed by atoms with Crippen LogP contribution in [0.1, 0.15) is 239 Å². The van der Waals surface area contributed by atoms with Crippen molar-refractivity contribution in [2.45, 2.75) is 251 Å². The van der Waals surface area contributed by atoms with Gasteiger partial charge in [-0.2, -0.15) is 0 Å². The fourth-order valence-corrected chi connectivity index (χ4v) is 8.89. The second-order valence-corrected chi connectivity index (χ2v) is 22.3. The van der Waals surface area contributed by atoms with Gasteiger partial charge >= 0.3 is 25.7 Å². The van der Waals surface area contributed by atoms with Crippen LogP contribution in [0.15, 0.2) is 158 Å². The van der Waals surface area contributed by atoms with Gasteiger partial charge in [-0.05, 0) is 122 Å². The van der Waals surface area contributed by atoms with Crippen LogP contribution in [0.25, 0.3) is 0 Å². The Morgan fingerprint density at radius 1 is 0.345 bits per heavy atom. The van der Waals surface area contributed by atoms with Gasteiger partial charge in [-0.3, -0.25) is 23.4 Å². The number of esters is 3. The molecule has 0 aliphatic heterocycles. The molecule has 0 saturated carbocycles. The molecular weight excluding hydrogens is 1070 g/mol. The number of unbranched alkanes of at least 4 members (excludes halogenated alkanes) is 15. The summed E-state index contributed by atoms with van der Waals surface area (Å²) in [6.45, 7) is 4.25. The van der Waals surface area contributed by atoms with Crippen LogP contribution in [0.5, 0.6) is 0 Å². The quantitative estimate of drug-likeness (QED) is 0.0197. The number of ether oxygens (including phenoxy) is 3. The minimum absolute atomic E-state index is 0.0280. The maximum absolute atomic E-state index is 13.0. The number of carbonyl (C=O) groups is 3. The van der Waals surface area contributed by atoms with Gasteiger partial charge in [-0.25, -0.2) is 4.57 Å². The lowest BCUT2D eigenvalue weighted by molar-refractivity contribution is -0.161. The molecule has 0 aliphatic carbocycles. The smallest absolute Gasteiger partial charge is 0.462 e. The molecular formula is C72H115O11P. The first kappa shape index (κ1) is 79.1.